The number of hydrazone groups is 1. The Bertz CT molecular complexity index is 594. The van der Waals surface area contributed by atoms with E-state index in [9.17, 15) is 4.79 Å². The molecule has 0 saturated carbocycles. The summed E-state index contributed by atoms with van der Waals surface area (Å²) in [7, 11) is 0. The van der Waals surface area contributed by atoms with Gasteiger partial charge in [0.25, 0.3) is 0 Å². The molecule has 2 aromatic rings. The Labute approximate surface area is 138 Å². The lowest BCUT2D eigenvalue weighted by molar-refractivity contribution is -0.115. The average Bonchev–Trinajstić information content (AvgIpc) is 2.55. The van der Waals surface area contributed by atoms with E-state index in [2.05, 4.69) is 24.3 Å². The minimum atomic E-state index is 0.157. The molecule has 2 aromatic carbocycles. The van der Waals surface area contributed by atoms with Crippen molar-refractivity contribution in [2.24, 2.45) is 5.10 Å². The number of ketones is 1. The van der Waals surface area contributed by atoms with Gasteiger partial charge >= 0.3 is 0 Å². The van der Waals surface area contributed by atoms with Crippen molar-refractivity contribution in [1.29, 1.82) is 0 Å². The predicted molar refractivity (Wildman–Crippen MR) is 95.2 cm³/mol. The van der Waals surface area contributed by atoms with E-state index >= 15 is 0 Å². The summed E-state index contributed by atoms with van der Waals surface area (Å²) in [5.41, 5.74) is 3.36. The number of Topliss-reactive ketones (excluding diaryl/α,β-unsaturated/α-hetero) is 1. The number of carbonyl (C=O) groups excluding carboxylic acids is 1. The molecule has 3 nitrogen and oxygen atoms in total. The highest BCUT2D eigenvalue weighted by Crippen LogP contribution is 2.12. The molecule has 0 N–H and O–H groups in total. The summed E-state index contributed by atoms with van der Waals surface area (Å²) >= 11 is 0. The van der Waals surface area contributed by atoms with Crippen LogP contribution in [0.2, 0.25) is 0 Å². The molecule has 0 atom stereocenters. The molecule has 0 fully saturated rings. The van der Waals surface area contributed by atoms with Crippen molar-refractivity contribution in [2.75, 3.05) is 0 Å². The Hall–Kier alpha value is -2.42. The van der Waals surface area contributed by atoms with E-state index in [1.54, 1.807) is 6.92 Å². The van der Waals surface area contributed by atoms with Crippen LogP contribution in [-0.2, 0) is 17.9 Å². The van der Waals surface area contributed by atoms with Crippen LogP contribution in [0.25, 0.3) is 0 Å². The van der Waals surface area contributed by atoms with E-state index < -0.39 is 0 Å². The van der Waals surface area contributed by atoms with Crippen LogP contribution in [0.4, 0.5) is 0 Å². The third-order valence-corrected chi connectivity index (χ3v) is 3.56. The zero-order valence-electron chi connectivity index (χ0n) is 13.9. The van der Waals surface area contributed by atoms with Gasteiger partial charge in [0.2, 0.25) is 0 Å². The molecule has 0 unspecified atom stereocenters. The summed E-state index contributed by atoms with van der Waals surface area (Å²) in [5.74, 6) is 0.157. The smallest absolute Gasteiger partial charge is 0.135 e. The molecule has 0 saturated heterocycles. The van der Waals surface area contributed by atoms with Crippen LogP contribution in [0, 0.1) is 0 Å². The highest BCUT2D eigenvalue weighted by molar-refractivity contribution is 6.00. The Morgan fingerprint density at radius 1 is 0.913 bits per heavy atom. The molecule has 0 spiro atoms. The quantitative estimate of drug-likeness (QED) is 0.533. The first-order valence-electron chi connectivity index (χ1n) is 8.06. The molecule has 0 aliphatic carbocycles. The molecule has 0 amide bonds. The van der Waals surface area contributed by atoms with Crippen molar-refractivity contribution in [3.05, 3.63) is 71.8 Å². The van der Waals surface area contributed by atoms with Gasteiger partial charge in [0, 0.05) is 12.1 Å². The minimum Gasteiger partial charge on any atom is -0.300 e. The van der Waals surface area contributed by atoms with Crippen LogP contribution in [0.15, 0.2) is 65.8 Å². The van der Waals surface area contributed by atoms with E-state index in [1.165, 1.54) is 11.1 Å². The van der Waals surface area contributed by atoms with Crippen LogP contribution in [0.1, 0.15) is 37.8 Å². The second-order valence-electron chi connectivity index (χ2n) is 5.69. The first-order chi connectivity index (χ1) is 11.2. The third kappa shape index (κ3) is 6.07. The summed E-state index contributed by atoms with van der Waals surface area (Å²) in [4.78, 5) is 11.4. The molecule has 0 heterocycles. The normalized spacial score (nSPS) is 11.3. The summed E-state index contributed by atoms with van der Waals surface area (Å²) in [6.07, 6.45) is 1.22. The largest absolute Gasteiger partial charge is 0.300 e. The van der Waals surface area contributed by atoms with Gasteiger partial charge in [-0.2, -0.15) is 5.10 Å². The summed E-state index contributed by atoms with van der Waals surface area (Å²) in [6, 6.07) is 20.6. The van der Waals surface area contributed by atoms with Gasteiger partial charge in [-0.1, -0.05) is 67.6 Å². The van der Waals surface area contributed by atoms with Gasteiger partial charge < -0.3 is 0 Å². The molecule has 0 aliphatic heterocycles. The van der Waals surface area contributed by atoms with Crippen molar-refractivity contribution in [1.82, 2.24) is 5.01 Å². The van der Waals surface area contributed by atoms with E-state index in [4.69, 9.17) is 5.10 Å². The predicted octanol–water partition coefficient (Wildman–Crippen LogP) is 4.43. The van der Waals surface area contributed by atoms with E-state index in [0.29, 0.717) is 6.42 Å². The first kappa shape index (κ1) is 16.9. The summed E-state index contributed by atoms with van der Waals surface area (Å²) in [5, 5.41) is 6.80. The van der Waals surface area contributed by atoms with Crippen LogP contribution in [-0.4, -0.2) is 16.5 Å². The zero-order chi connectivity index (χ0) is 16.5. The second-order valence-corrected chi connectivity index (χ2v) is 5.69. The van der Waals surface area contributed by atoms with Crippen molar-refractivity contribution in [3.8, 4) is 0 Å². The number of nitrogens with zero attached hydrogens (tertiary/aromatic N) is 2. The maximum atomic E-state index is 11.4. The van der Waals surface area contributed by atoms with Crippen LogP contribution >= 0.6 is 0 Å². The Morgan fingerprint density at radius 2 is 1.39 bits per heavy atom. The van der Waals surface area contributed by atoms with Crippen molar-refractivity contribution >= 4 is 11.5 Å². The fourth-order valence-corrected chi connectivity index (χ4v) is 2.43. The maximum Gasteiger partial charge on any atom is 0.135 e. The molecule has 2 rings (SSSR count). The van der Waals surface area contributed by atoms with Gasteiger partial charge in [-0.15, -0.1) is 0 Å². The molecule has 23 heavy (non-hydrogen) atoms. The first-order valence-corrected chi connectivity index (χ1v) is 8.06. The van der Waals surface area contributed by atoms with E-state index in [-0.39, 0.29) is 5.78 Å². The lowest BCUT2D eigenvalue weighted by Gasteiger charge is -2.21. The van der Waals surface area contributed by atoms with Crippen LogP contribution in [0.3, 0.4) is 0 Å². The van der Waals surface area contributed by atoms with E-state index in [1.807, 2.05) is 48.3 Å². The molecule has 0 aromatic heterocycles. The Balaban J connectivity index is 2.19. The number of hydrogen-bond donors (Lipinski definition) is 0. The van der Waals surface area contributed by atoms with Crippen molar-refractivity contribution in [2.45, 2.75) is 39.8 Å². The van der Waals surface area contributed by atoms with Gasteiger partial charge in [0.05, 0.1) is 13.1 Å². The lowest BCUT2D eigenvalue weighted by Crippen LogP contribution is -2.20. The molecule has 120 valence electrons. The van der Waals surface area contributed by atoms with Gasteiger partial charge in [-0.25, -0.2) is 0 Å². The maximum absolute atomic E-state index is 11.4. The fourth-order valence-electron chi connectivity index (χ4n) is 2.43. The number of hydrogen-bond acceptors (Lipinski definition) is 3. The second kappa shape index (κ2) is 8.89. The summed E-state index contributed by atoms with van der Waals surface area (Å²) < 4.78 is 0. The average molecular weight is 308 g/mol. The standard InChI is InChI=1S/C20H24N2O/c1-3-20(14-17(2)23)21-22(15-18-10-6-4-7-11-18)16-19-12-8-5-9-13-19/h4-13H,3,14-16H2,1-2H3. The zero-order valence-corrected chi connectivity index (χ0v) is 13.9. The fraction of sp³-hybridized carbons (Fsp3) is 0.300. The molecular formula is C20H24N2O. The highest BCUT2D eigenvalue weighted by atomic mass is 16.1. The van der Waals surface area contributed by atoms with Gasteiger partial charge in [-0.3, -0.25) is 9.80 Å². The number of carbonyl (C=O) groups is 1. The van der Waals surface area contributed by atoms with E-state index in [0.717, 1.165) is 25.2 Å². The molecular weight excluding hydrogens is 284 g/mol. The van der Waals surface area contributed by atoms with Crippen LogP contribution < -0.4 is 0 Å². The van der Waals surface area contributed by atoms with Gasteiger partial charge in [-0.05, 0) is 24.5 Å². The SMILES string of the molecule is CCC(CC(C)=O)=NN(Cc1ccccc1)Cc1ccccc1. The van der Waals surface area contributed by atoms with Crippen molar-refractivity contribution in [3.63, 3.8) is 0 Å². The minimum absolute atomic E-state index is 0.157. The number of benzene rings is 2. The monoisotopic (exact) mass is 308 g/mol. The number of rotatable bonds is 8. The summed E-state index contributed by atoms with van der Waals surface area (Å²) in [6.45, 7) is 5.13. The van der Waals surface area contributed by atoms with Crippen LogP contribution in [0.5, 0.6) is 0 Å². The van der Waals surface area contributed by atoms with Gasteiger partial charge in [0.15, 0.2) is 0 Å². The molecule has 3 heteroatoms. The molecule has 0 aliphatic rings. The molecule has 0 radical (unpaired) electrons. The van der Waals surface area contributed by atoms with Gasteiger partial charge in [0.1, 0.15) is 5.78 Å². The Morgan fingerprint density at radius 3 is 1.78 bits per heavy atom. The van der Waals surface area contributed by atoms with Crippen molar-refractivity contribution < 1.29 is 4.79 Å². The highest BCUT2D eigenvalue weighted by Gasteiger charge is 2.08. The Kier molecular flexibility index (Phi) is 6.55. The lowest BCUT2D eigenvalue weighted by atomic mass is 10.1. The third-order valence-electron chi connectivity index (χ3n) is 3.56. The molecule has 0 bridgehead atoms. The topological polar surface area (TPSA) is 32.7 Å².